The van der Waals surface area contributed by atoms with Crippen LogP contribution in [0.15, 0.2) is 22.7 Å². The minimum Gasteiger partial charge on any atom is -0.308 e. The number of nitrogens with one attached hydrogen (secondary N) is 1. The van der Waals surface area contributed by atoms with E-state index in [-0.39, 0.29) is 5.54 Å². The van der Waals surface area contributed by atoms with E-state index in [1.807, 2.05) is 0 Å². The van der Waals surface area contributed by atoms with Gasteiger partial charge in [0.25, 0.3) is 0 Å². The van der Waals surface area contributed by atoms with Crippen molar-refractivity contribution in [1.82, 2.24) is 10.2 Å². The quantitative estimate of drug-likeness (QED) is 0.744. The van der Waals surface area contributed by atoms with Crippen LogP contribution in [0.2, 0.25) is 0 Å². The molecule has 0 bridgehead atoms. The summed E-state index contributed by atoms with van der Waals surface area (Å²) in [5, 5.41) is 3.53. The highest BCUT2D eigenvalue weighted by Crippen LogP contribution is 2.21. The molecule has 2 nitrogen and oxygen atoms in total. The lowest BCUT2D eigenvalue weighted by Gasteiger charge is -2.26. The van der Waals surface area contributed by atoms with E-state index in [1.165, 1.54) is 22.0 Å². The van der Waals surface area contributed by atoms with Crippen molar-refractivity contribution in [2.45, 2.75) is 72.6 Å². The topological polar surface area (TPSA) is 15.3 Å². The normalized spacial score (nSPS) is 12.4. The van der Waals surface area contributed by atoms with E-state index in [9.17, 15) is 0 Å². The lowest BCUT2D eigenvalue weighted by molar-refractivity contribution is 0.213. The maximum atomic E-state index is 3.74. The second-order valence-corrected chi connectivity index (χ2v) is 7.95. The summed E-state index contributed by atoms with van der Waals surface area (Å²) in [6.07, 6.45) is 1.20. The summed E-state index contributed by atoms with van der Waals surface area (Å²) in [4.78, 5) is 2.52. The number of nitrogens with zero attached hydrogens (tertiary/aromatic N) is 1. The van der Waals surface area contributed by atoms with Crippen molar-refractivity contribution >= 4 is 15.9 Å². The van der Waals surface area contributed by atoms with Crippen LogP contribution in [0.3, 0.4) is 0 Å². The maximum Gasteiger partial charge on any atom is 0.0247 e. The van der Waals surface area contributed by atoms with Crippen molar-refractivity contribution in [2.75, 3.05) is 6.54 Å². The molecule has 0 fully saturated rings. The Bertz CT molecular complexity index is 435. The van der Waals surface area contributed by atoms with Crippen LogP contribution in [0.4, 0.5) is 0 Å². The highest BCUT2D eigenvalue weighted by atomic mass is 79.9. The maximum absolute atomic E-state index is 3.74. The molecule has 1 rings (SSSR count). The van der Waals surface area contributed by atoms with Crippen LogP contribution in [0.25, 0.3) is 0 Å². The van der Waals surface area contributed by atoms with Gasteiger partial charge in [-0.1, -0.05) is 35.0 Å². The Morgan fingerprint density at radius 1 is 1.24 bits per heavy atom. The SMILES string of the molecule is CCCN(Cc1ccc(CNC(C)(C)C)cc1Br)C(C)C. The molecule has 0 aliphatic carbocycles. The van der Waals surface area contributed by atoms with Crippen molar-refractivity contribution in [3.63, 3.8) is 0 Å². The van der Waals surface area contributed by atoms with E-state index in [0.29, 0.717) is 6.04 Å². The predicted octanol–water partition coefficient (Wildman–Crippen LogP) is 4.96. The summed E-state index contributed by atoms with van der Waals surface area (Å²) in [5.74, 6) is 0. The van der Waals surface area contributed by atoms with Gasteiger partial charge < -0.3 is 5.32 Å². The minimum absolute atomic E-state index is 0.153. The van der Waals surface area contributed by atoms with E-state index in [0.717, 1.165) is 19.6 Å². The standard InChI is InChI=1S/C18H31BrN2/c1-7-10-21(14(2)3)13-16-9-8-15(11-17(16)19)12-20-18(4,5)6/h8-9,11,14,20H,7,10,12-13H2,1-6H3. The first-order valence-corrected chi connectivity index (χ1v) is 8.78. The van der Waals surface area contributed by atoms with Crippen LogP contribution in [-0.2, 0) is 13.1 Å². The molecule has 120 valence electrons. The second-order valence-electron chi connectivity index (χ2n) is 7.09. The number of benzene rings is 1. The molecule has 0 spiro atoms. The Morgan fingerprint density at radius 3 is 2.38 bits per heavy atom. The first kappa shape index (κ1) is 18.7. The molecule has 0 unspecified atom stereocenters. The van der Waals surface area contributed by atoms with Crippen molar-refractivity contribution < 1.29 is 0 Å². The Labute approximate surface area is 139 Å². The molecule has 0 saturated heterocycles. The van der Waals surface area contributed by atoms with E-state index < -0.39 is 0 Å². The molecule has 0 heterocycles. The van der Waals surface area contributed by atoms with Crippen LogP contribution in [-0.4, -0.2) is 23.0 Å². The van der Waals surface area contributed by atoms with Crippen LogP contribution >= 0.6 is 15.9 Å². The molecule has 0 aliphatic rings. The van der Waals surface area contributed by atoms with Crippen molar-refractivity contribution in [3.8, 4) is 0 Å². The fourth-order valence-electron chi connectivity index (χ4n) is 2.22. The van der Waals surface area contributed by atoms with Crippen LogP contribution in [0.1, 0.15) is 59.1 Å². The molecule has 0 saturated carbocycles. The van der Waals surface area contributed by atoms with Gasteiger partial charge in [0, 0.05) is 29.1 Å². The number of halogens is 1. The fourth-order valence-corrected chi connectivity index (χ4v) is 2.77. The third-order valence-electron chi connectivity index (χ3n) is 3.55. The smallest absolute Gasteiger partial charge is 0.0247 e. The zero-order valence-electron chi connectivity index (χ0n) is 14.5. The average Bonchev–Trinajstić information content (AvgIpc) is 2.37. The lowest BCUT2D eigenvalue weighted by Crippen LogP contribution is -2.35. The molecule has 0 aliphatic heterocycles. The molecule has 21 heavy (non-hydrogen) atoms. The van der Waals surface area contributed by atoms with Gasteiger partial charge in [0.2, 0.25) is 0 Å². The van der Waals surface area contributed by atoms with Gasteiger partial charge in [0.05, 0.1) is 0 Å². The monoisotopic (exact) mass is 354 g/mol. The summed E-state index contributed by atoms with van der Waals surface area (Å²) in [6, 6.07) is 7.33. The molecule has 1 aromatic rings. The average molecular weight is 355 g/mol. The summed E-state index contributed by atoms with van der Waals surface area (Å²) in [6.45, 7) is 16.4. The summed E-state index contributed by atoms with van der Waals surface area (Å²) < 4.78 is 1.22. The van der Waals surface area contributed by atoms with E-state index in [2.05, 4.69) is 85.9 Å². The van der Waals surface area contributed by atoms with Crippen molar-refractivity contribution in [3.05, 3.63) is 33.8 Å². The fraction of sp³-hybridized carbons (Fsp3) is 0.667. The van der Waals surface area contributed by atoms with Gasteiger partial charge in [-0.25, -0.2) is 0 Å². The molecule has 3 heteroatoms. The molecule has 0 amide bonds. The molecular weight excluding hydrogens is 324 g/mol. The van der Waals surface area contributed by atoms with Gasteiger partial charge in [-0.15, -0.1) is 0 Å². The first-order valence-electron chi connectivity index (χ1n) is 7.99. The van der Waals surface area contributed by atoms with E-state index >= 15 is 0 Å². The Morgan fingerprint density at radius 2 is 1.90 bits per heavy atom. The predicted molar refractivity (Wildman–Crippen MR) is 96.6 cm³/mol. The zero-order valence-corrected chi connectivity index (χ0v) is 16.0. The molecule has 1 aromatic carbocycles. The van der Waals surface area contributed by atoms with Gasteiger partial charge in [-0.2, -0.15) is 0 Å². The van der Waals surface area contributed by atoms with Gasteiger partial charge in [-0.3, -0.25) is 4.90 Å². The molecule has 0 atom stereocenters. The van der Waals surface area contributed by atoms with Gasteiger partial charge in [0.1, 0.15) is 0 Å². The third-order valence-corrected chi connectivity index (χ3v) is 4.29. The van der Waals surface area contributed by atoms with Gasteiger partial charge >= 0.3 is 0 Å². The Hall–Kier alpha value is -0.380. The van der Waals surface area contributed by atoms with Gasteiger partial charge in [-0.05, 0) is 64.8 Å². The third kappa shape index (κ3) is 6.94. The highest BCUT2D eigenvalue weighted by molar-refractivity contribution is 9.10. The largest absolute Gasteiger partial charge is 0.308 e. The highest BCUT2D eigenvalue weighted by Gasteiger charge is 2.12. The second kappa shape index (κ2) is 8.30. The zero-order chi connectivity index (χ0) is 16.0. The number of hydrogen-bond acceptors (Lipinski definition) is 2. The Kier molecular flexibility index (Phi) is 7.38. The molecule has 0 aromatic heterocycles. The van der Waals surface area contributed by atoms with E-state index in [1.54, 1.807) is 0 Å². The van der Waals surface area contributed by atoms with Gasteiger partial charge in [0.15, 0.2) is 0 Å². The van der Waals surface area contributed by atoms with Crippen LogP contribution < -0.4 is 5.32 Å². The van der Waals surface area contributed by atoms with E-state index in [4.69, 9.17) is 0 Å². The van der Waals surface area contributed by atoms with Crippen LogP contribution in [0.5, 0.6) is 0 Å². The number of hydrogen-bond donors (Lipinski definition) is 1. The Balaban J connectivity index is 2.73. The first-order chi connectivity index (χ1) is 9.73. The van der Waals surface area contributed by atoms with Crippen molar-refractivity contribution in [2.24, 2.45) is 0 Å². The molecule has 1 N–H and O–H groups in total. The lowest BCUT2D eigenvalue weighted by atomic mass is 10.1. The number of rotatable bonds is 7. The summed E-state index contributed by atoms with van der Waals surface area (Å²) in [5.41, 5.74) is 2.85. The minimum atomic E-state index is 0.153. The van der Waals surface area contributed by atoms with Crippen molar-refractivity contribution in [1.29, 1.82) is 0 Å². The summed E-state index contributed by atoms with van der Waals surface area (Å²) in [7, 11) is 0. The summed E-state index contributed by atoms with van der Waals surface area (Å²) >= 11 is 3.74. The van der Waals surface area contributed by atoms with Crippen LogP contribution in [0, 0.1) is 0 Å². The molecular formula is C18H31BrN2. The molecule has 0 radical (unpaired) electrons.